The summed E-state index contributed by atoms with van der Waals surface area (Å²) >= 11 is 0. The maximum absolute atomic E-state index is 12.7. The van der Waals surface area contributed by atoms with Crippen LogP contribution < -0.4 is 5.32 Å². The minimum absolute atomic E-state index is 0.0937. The van der Waals surface area contributed by atoms with Crippen molar-refractivity contribution in [3.8, 4) is 0 Å². The number of benzene rings is 1. The van der Waals surface area contributed by atoms with Crippen LogP contribution in [0.1, 0.15) is 25.3 Å². The minimum atomic E-state index is -0.713. The summed E-state index contributed by atoms with van der Waals surface area (Å²) in [6, 6.07) is 10.0. The molecule has 1 aromatic rings. The third-order valence-electron chi connectivity index (χ3n) is 5.55. The molecule has 3 fully saturated rings. The van der Waals surface area contributed by atoms with Gasteiger partial charge in [-0.3, -0.25) is 14.6 Å². The SMILES string of the molecule is CC1(C2CC2)NC(=O)N(CC2CN(Cc3ccccc3)CCO2)C1=O. The van der Waals surface area contributed by atoms with Gasteiger partial charge in [-0.25, -0.2) is 4.79 Å². The van der Waals surface area contributed by atoms with Crippen LogP contribution in [-0.4, -0.2) is 59.6 Å². The number of hydrogen-bond acceptors (Lipinski definition) is 4. The molecule has 3 amide bonds. The second kappa shape index (κ2) is 6.42. The molecule has 0 spiro atoms. The van der Waals surface area contributed by atoms with E-state index >= 15 is 0 Å². The predicted octanol–water partition coefficient (Wildman–Crippen LogP) is 1.61. The quantitative estimate of drug-likeness (QED) is 0.825. The van der Waals surface area contributed by atoms with E-state index in [1.807, 2.05) is 25.1 Å². The zero-order chi connectivity index (χ0) is 17.4. The number of hydrogen-bond donors (Lipinski definition) is 1. The number of ether oxygens (including phenoxy) is 1. The molecule has 6 nitrogen and oxygen atoms in total. The lowest BCUT2D eigenvalue weighted by molar-refractivity contribution is -0.133. The molecule has 2 unspecified atom stereocenters. The monoisotopic (exact) mass is 343 g/mol. The number of amides is 3. The lowest BCUT2D eigenvalue weighted by Crippen LogP contribution is -2.50. The summed E-state index contributed by atoms with van der Waals surface area (Å²) in [5.41, 5.74) is 0.551. The molecule has 6 heteroatoms. The molecule has 2 saturated heterocycles. The molecular formula is C19H25N3O3. The molecule has 25 heavy (non-hydrogen) atoms. The number of morpholine rings is 1. The molecule has 134 valence electrons. The number of carbonyl (C=O) groups excluding carboxylic acids is 2. The average Bonchev–Trinajstić information content (AvgIpc) is 3.43. The highest BCUT2D eigenvalue weighted by atomic mass is 16.5. The fourth-order valence-electron chi connectivity index (χ4n) is 3.90. The van der Waals surface area contributed by atoms with Gasteiger partial charge in [0.25, 0.3) is 5.91 Å². The van der Waals surface area contributed by atoms with E-state index in [9.17, 15) is 9.59 Å². The highest BCUT2D eigenvalue weighted by Gasteiger charge is 2.56. The Kier molecular flexibility index (Phi) is 4.25. The third-order valence-corrected chi connectivity index (χ3v) is 5.55. The standard InChI is InChI=1S/C19H25N3O3/c1-19(15-7-8-15)17(23)22(18(24)20-19)13-16-12-21(9-10-25-16)11-14-5-3-2-4-6-14/h2-6,15-16H,7-13H2,1H3,(H,20,24). The summed E-state index contributed by atoms with van der Waals surface area (Å²) in [5.74, 6) is 0.194. The van der Waals surface area contributed by atoms with Crippen LogP contribution in [0.25, 0.3) is 0 Å². The first-order chi connectivity index (χ1) is 12.1. The first-order valence-corrected chi connectivity index (χ1v) is 9.08. The van der Waals surface area contributed by atoms with Gasteiger partial charge >= 0.3 is 6.03 Å². The zero-order valence-electron chi connectivity index (χ0n) is 14.6. The van der Waals surface area contributed by atoms with Gasteiger partial charge in [-0.1, -0.05) is 30.3 Å². The van der Waals surface area contributed by atoms with Crippen LogP contribution in [0.4, 0.5) is 4.79 Å². The molecule has 0 radical (unpaired) electrons. The van der Waals surface area contributed by atoms with Gasteiger partial charge in [0, 0.05) is 19.6 Å². The Morgan fingerprint density at radius 1 is 1.24 bits per heavy atom. The fourth-order valence-corrected chi connectivity index (χ4v) is 3.90. The van der Waals surface area contributed by atoms with E-state index in [0.717, 1.165) is 32.5 Å². The highest BCUT2D eigenvalue weighted by Crippen LogP contribution is 2.42. The Morgan fingerprint density at radius 3 is 2.72 bits per heavy atom. The van der Waals surface area contributed by atoms with Gasteiger partial charge in [0.2, 0.25) is 0 Å². The Balaban J connectivity index is 1.37. The van der Waals surface area contributed by atoms with Gasteiger partial charge in [-0.15, -0.1) is 0 Å². The van der Waals surface area contributed by atoms with E-state index in [1.165, 1.54) is 10.5 Å². The number of carbonyl (C=O) groups is 2. The number of rotatable bonds is 5. The van der Waals surface area contributed by atoms with Crippen molar-refractivity contribution >= 4 is 11.9 Å². The van der Waals surface area contributed by atoms with Crippen molar-refractivity contribution in [3.05, 3.63) is 35.9 Å². The summed E-state index contributed by atoms with van der Waals surface area (Å²) in [4.78, 5) is 28.7. The Bertz CT molecular complexity index is 661. The van der Waals surface area contributed by atoms with Crippen molar-refractivity contribution in [2.24, 2.45) is 5.92 Å². The van der Waals surface area contributed by atoms with Gasteiger partial charge < -0.3 is 10.1 Å². The zero-order valence-corrected chi connectivity index (χ0v) is 14.6. The van der Waals surface area contributed by atoms with Gasteiger partial charge in [0.1, 0.15) is 5.54 Å². The first-order valence-electron chi connectivity index (χ1n) is 9.08. The molecular weight excluding hydrogens is 318 g/mol. The first kappa shape index (κ1) is 16.5. The van der Waals surface area contributed by atoms with Crippen molar-refractivity contribution in [3.63, 3.8) is 0 Å². The van der Waals surface area contributed by atoms with E-state index in [1.54, 1.807) is 0 Å². The fraction of sp³-hybridized carbons (Fsp3) is 0.579. The number of imide groups is 1. The van der Waals surface area contributed by atoms with Crippen molar-refractivity contribution in [2.45, 2.75) is 38.0 Å². The lowest BCUT2D eigenvalue weighted by Gasteiger charge is -2.34. The molecule has 1 aromatic carbocycles. The second-order valence-corrected chi connectivity index (χ2v) is 7.54. The summed E-state index contributed by atoms with van der Waals surface area (Å²) in [7, 11) is 0. The topological polar surface area (TPSA) is 61.9 Å². The Hall–Kier alpha value is -1.92. The molecule has 2 aliphatic heterocycles. The van der Waals surface area contributed by atoms with Crippen molar-refractivity contribution < 1.29 is 14.3 Å². The van der Waals surface area contributed by atoms with Crippen LogP contribution in [0.2, 0.25) is 0 Å². The van der Waals surface area contributed by atoms with Crippen LogP contribution in [0.15, 0.2) is 30.3 Å². The average molecular weight is 343 g/mol. The van der Waals surface area contributed by atoms with Gasteiger partial charge in [0.05, 0.1) is 19.3 Å². The number of nitrogens with zero attached hydrogens (tertiary/aromatic N) is 2. The molecule has 0 bridgehead atoms. The van der Waals surface area contributed by atoms with E-state index in [0.29, 0.717) is 13.2 Å². The van der Waals surface area contributed by atoms with Crippen LogP contribution in [0, 0.1) is 5.92 Å². The molecule has 1 aliphatic carbocycles. The van der Waals surface area contributed by atoms with Gasteiger partial charge in [0.15, 0.2) is 0 Å². The molecule has 2 heterocycles. The summed E-state index contributed by atoms with van der Waals surface area (Å²) < 4.78 is 5.83. The Labute approximate surface area is 148 Å². The molecule has 1 N–H and O–H groups in total. The van der Waals surface area contributed by atoms with Crippen LogP contribution >= 0.6 is 0 Å². The number of urea groups is 1. The third kappa shape index (κ3) is 3.28. The van der Waals surface area contributed by atoms with Crippen molar-refractivity contribution in [1.29, 1.82) is 0 Å². The summed E-state index contributed by atoms with van der Waals surface area (Å²) in [6.45, 7) is 5.27. The van der Waals surface area contributed by atoms with Gasteiger partial charge in [-0.2, -0.15) is 0 Å². The van der Waals surface area contributed by atoms with Crippen LogP contribution in [0.3, 0.4) is 0 Å². The maximum atomic E-state index is 12.7. The Morgan fingerprint density at radius 2 is 2.00 bits per heavy atom. The number of nitrogens with one attached hydrogen (secondary N) is 1. The van der Waals surface area contributed by atoms with E-state index in [2.05, 4.69) is 22.3 Å². The minimum Gasteiger partial charge on any atom is -0.374 e. The van der Waals surface area contributed by atoms with Crippen molar-refractivity contribution in [2.75, 3.05) is 26.2 Å². The van der Waals surface area contributed by atoms with E-state index < -0.39 is 5.54 Å². The molecule has 4 rings (SSSR count). The van der Waals surface area contributed by atoms with E-state index in [-0.39, 0.29) is 24.0 Å². The molecule has 1 saturated carbocycles. The summed E-state index contributed by atoms with van der Waals surface area (Å²) in [5, 5.41) is 2.90. The molecule has 2 atom stereocenters. The molecule has 0 aromatic heterocycles. The van der Waals surface area contributed by atoms with Crippen molar-refractivity contribution in [1.82, 2.24) is 15.1 Å². The smallest absolute Gasteiger partial charge is 0.325 e. The van der Waals surface area contributed by atoms with E-state index in [4.69, 9.17) is 4.74 Å². The lowest BCUT2D eigenvalue weighted by atomic mass is 9.96. The normalized spacial score (nSPS) is 30.6. The predicted molar refractivity (Wildman–Crippen MR) is 92.8 cm³/mol. The van der Waals surface area contributed by atoms with Crippen LogP contribution in [-0.2, 0) is 16.1 Å². The summed E-state index contributed by atoms with van der Waals surface area (Å²) in [6.07, 6.45) is 1.90. The van der Waals surface area contributed by atoms with Gasteiger partial charge in [-0.05, 0) is 31.2 Å². The maximum Gasteiger partial charge on any atom is 0.325 e. The largest absolute Gasteiger partial charge is 0.374 e. The molecule has 3 aliphatic rings. The highest BCUT2D eigenvalue weighted by molar-refractivity contribution is 6.07. The van der Waals surface area contributed by atoms with Crippen LogP contribution in [0.5, 0.6) is 0 Å². The second-order valence-electron chi connectivity index (χ2n) is 7.54.